The molecular weight excluding hydrogens is 423 g/mol. The molecule has 0 radical (unpaired) electrons. The molecule has 188 valence electrons. The zero-order chi connectivity index (χ0) is 24.1. The van der Waals surface area contributed by atoms with Crippen molar-refractivity contribution >= 4 is 12.6 Å². The van der Waals surface area contributed by atoms with E-state index in [-0.39, 0.29) is 23.4 Å². The Hall–Kier alpha value is -1.04. The number of unbranched alkanes of at least 4 members (excludes halogenated alkanes) is 2. The van der Waals surface area contributed by atoms with Crippen molar-refractivity contribution in [1.82, 2.24) is 0 Å². The first-order valence-electron chi connectivity index (χ1n) is 13.8. The summed E-state index contributed by atoms with van der Waals surface area (Å²) >= 11 is 0. The van der Waals surface area contributed by atoms with Gasteiger partial charge in [-0.1, -0.05) is 31.9 Å². The van der Waals surface area contributed by atoms with Crippen molar-refractivity contribution in [2.45, 2.75) is 115 Å². The highest BCUT2D eigenvalue weighted by Gasteiger charge is 2.55. The highest BCUT2D eigenvalue weighted by atomic mass is 16.7. The third kappa shape index (κ3) is 4.35. The Balaban J connectivity index is 1.61. The molecule has 1 aromatic carbocycles. The molecule has 0 N–H and O–H groups in total. The van der Waals surface area contributed by atoms with Gasteiger partial charge in [0.05, 0.1) is 11.2 Å². The molecule has 4 bridgehead atoms. The van der Waals surface area contributed by atoms with Crippen molar-refractivity contribution < 1.29 is 18.8 Å². The van der Waals surface area contributed by atoms with Crippen LogP contribution in [-0.4, -0.2) is 32.2 Å². The lowest BCUT2D eigenvalue weighted by Gasteiger charge is -2.57. The van der Waals surface area contributed by atoms with E-state index in [1.807, 2.05) is 0 Å². The summed E-state index contributed by atoms with van der Waals surface area (Å²) in [5.74, 6) is 3.61. The van der Waals surface area contributed by atoms with Gasteiger partial charge in [-0.2, -0.15) is 0 Å². The van der Waals surface area contributed by atoms with E-state index < -0.39 is 7.12 Å². The Morgan fingerprint density at radius 2 is 1.50 bits per heavy atom. The van der Waals surface area contributed by atoms with Crippen molar-refractivity contribution in [1.29, 1.82) is 0 Å². The second-order valence-corrected chi connectivity index (χ2v) is 12.9. The molecule has 4 saturated carbocycles. The van der Waals surface area contributed by atoms with Crippen LogP contribution in [0.5, 0.6) is 5.75 Å². The molecule has 5 fully saturated rings. The Bertz CT molecular complexity index is 841. The van der Waals surface area contributed by atoms with Gasteiger partial charge in [0.15, 0.2) is 6.79 Å². The molecule has 4 aliphatic carbocycles. The summed E-state index contributed by atoms with van der Waals surface area (Å²) in [5.41, 5.74) is 3.37. The normalized spacial score (nSPS) is 33.0. The number of hydrogen-bond donors (Lipinski definition) is 0. The van der Waals surface area contributed by atoms with Crippen LogP contribution < -0.4 is 10.2 Å². The van der Waals surface area contributed by atoms with Crippen LogP contribution in [0.15, 0.2) is 12.1 Å². The lowest BCUT2D eigenvalue weighted by Crippen LogP contribution is -2.49. The molecule has 1 aromatic rings. The minimum Gasteiger partial charge on any atom is -0.468 e. The molecule has 0 aromatic heterocycles. The van der Waals surface area contributed by atoms with E-state index >= 15 is 0 Å². The standard InChI is InChI=1S/C29H45BO4/c1-7-8-9-10-20-14-24(29-16-21-11-22(17-29)13-23(12-21)18-29)26(32-19-31-6)25(15-20)30-33-27(2,3)28(4,5)34-30/h14-15,21-23H,7-13,16-19H2,1-6H3. The SMILES string of the molecule is CCCCCc1cc(B2OC(C)(C)C(C)(C)O2)c(OCOC)c(C23CC4CC(CC(C4)C2)C3)c1. The minimum atomic E-state index is -0.421. The van der Waals surface area contributed by atoms with Gasteiger partial charge in [0, 0.05) is 18.1 Å². The van der Waals surface area contributed by atoms with Crippen molar-refractivity contribution in [3.05, 3.63) is 23.3 Å². The fraction of sp³-hybridized carbons (Fsp3) is 0.793. The minimum absolute atomic E-state index is 0.233. The summed E-state index contributed by atoms with van der Waals surface area (Å²) in [6.45, 7) is 11.1. The molecule has 4 nitrogen and oxygen atoms in total. The van der Waals surface area contributed by atoms with Gasteiger partial charge in [0.2, 0.25) is 0 Å². The summed E-state index contributed by atoms with van der Waals surface area (Å²) in [7, 11) is 1.29. The maximum absolute atomic E-state index is 6.58. The smallest absolute Gasteiger partial charge is 0.468 e. The first kappa shape index (κ1) is 24.7. The second kappa shape index (κ2) is 9.12. The van der Waals surface area contributed by atoms with E-state index in [9.17, 15) is 0 Å². The van der Waals surface area contributed by atoms with Gasteiger partial charge in [-0.05, 0) is 108 Å². The molecule has 0 atom stereocenters. The first-order chi connectivity index (χ1) is 16.2. The van der Waals surface area contributed by atoms with Crippen LogP contribution in [0.25, 0.3) is 0 Å². The van der Waals surface area contributed by atoms with Crippen molar-refractivity contribution in [3.63, 3.8) is 0 Å². The maximum atomic E-state index is 6.58. The highest BCUT2D eigenvalue weighted by Crippen LogP contribution is 2.62. The van der Waals surface area contributed by atoms with Crippen LogP contribution in [0, 0.1) is 17.8 Å². The van der Waals surface area contributed by atoms with Crippen LogP contribution in [0.3, 0.4) is 0 Å². The van der Waals surface area contributed by atoms with Crippen molar-refractivity contribution in [2.24, 2.45) is 17.8 Å². The maximum Gasteiger partial charge on any atom is 0.498 e. The van der Waals surface area contributed by atoms with Gasteiger partial charge < -0.3 is 18.8 Å². The molecule has 0 amide bonds. The van der Waals surface area contributed by atoms with Gasteiger partial charge >= 0.3 is 7.12 Å². The van der Waals surface area contributed by atoms with Crippen LogP contribution >= 0.6 is 0 Å². The van der Waals surface area contributed by atoms with Crippen molar-refractivity contribution in [3.8, 4) is 5.75 Å². The van der Waals surface area contributed by atoms with Crippen LogP contribution in [0.1, 0.15) is 104 Å². The van der Waals surface area contributed by atoms with Crippen LogP contribution in [-0.2, 0) is 25.9 Å². The van der Waals surface area contributed by atoms with Crippen LogP contribution in [0.2, 0.25) is 0 Å². The molecule has 5 heteroatoms. The number of benzene rings is 1. The fourth-order valence-electron chi connectivity index (χ4n) is 7.70. The summed E-state index contributed by atoms with van der Waals surface area (Å²) in [6, 6.07) is 4.81. The monoisotopic (exact) mass is 468 g/mol. The summed E-state index contributed by atoms with van der Waals surface area (Å²) < 4.78 is 25.0. The predicted molar refractivity (Wildman–Crippen MR) is 138 cm³/mol. The van der Waals surface area contributed by atoms with E-state index in [4.69, 9.17) is 18.8 Å². The third-order valence-corrected chi connectivity index (χ3v) is 9.68. The Kier molecular flexibility index (Phi) is 6.61. The van der Waals surface area contributed by atoms with E-state index in [2.05, 4.69) is 46.8 Å². The van der Waals surface area contributed by atoms with Gasteiger partial charge in [-0.25, -0.2) is 0 Å². The number of rotatable bonds is 9. The van der Waals surface area contributed by atoms with Gasteiger partial charge in [0.1, 0.15) is 5.75 Å². The molecule has 34 heavy (non-hydrogen) atoms. The molecule has 0 spiro atoms. The average Bonchev–Trinajstić information content (AvgIpc) is 2.98. The Morgan fingerprint density at radius 1 is 0.912 bits per heavy atom. The molecule has 5 aliphatic rings. The molecule has 1 saturated heterocycles. The average molecular weight is 468 g/mol. The second-order valence-electron chi connectivity index (χ2n) is 12.9. The van der Waals surface area contributed by atoms with Gasteiger partial charge in [-0.3, -0.25) is 0 Å². The zero-order valence-corrected chi connectivity index (χ0v) is 22.4. The quantitative estimate of drug-likeness (QED) is 0.247. The predicted octanol–water partition coefficient (Wildman–Crippen LogP) is 6.17. The first-order valence-corrected chi connectivity index (χ1v) is 13.8. The molecule has 1 heterocycles. The molecular formula is C29H45BO4. The highest BCUT2D eigenvalue weighted by molar-refractivity contribution is 6.63. The van der Waals surface area contributed by atoms with Gasteiger partial charge in [0.25, 0.3) is 0 Å². The molecule has 1 aliphatic heterocycles. The molecule has 0 unspecified atom stereocenters. The van der Waals surface area contributed by atoms with Crippen molar-refractivity contribution in [2.75, 3.05) is 13.9 Å². The third-order valence-electron chi connectivity index (χ3n) is 9.68. The number of aryl methyl sites for hydroxylation is 1. The lowest BCUT2D eigenvalue weighted by atomic mass is 9.47. The molecule has 6 rings (SSSR count). The van der Waals surface area contributed by atoms with E-state index in [0.717, 1.165) is 35.4 Å². The van der Waals surface area contributed by atoms with E-state index in [1.165, 1.54) is 68.9 Å². The fourth-order valence-corrected chi connectivity index (χ4v) is 7.70. The van der Waals surface area contributed by atoms with Crippen LogP contribution in [0.4, 0.5) is 0 Å². The van der Waals surface area contributed by atoms with E-state index in [1.54, 1.807) is 7.11 Å². The number of hydrogen-bond acceptors (Lipinski definition) is 4. The number of methoxy groups -OCH3 is 1. The lowest BCUT2D eigenvalue weighted by molar-refractivity contribution is -0.00874. The van der Waals surface area contributed by atoms with E-state index in [0.29, 0.717) is 0 Å². The topological polar surface area (TPSA) is 36.9 Å². The number of ether oxygens (including phenoxy) is 2. The summed E-state index contributed by atoms with van der Waals surface area (Å²) in [5, 5.41) is 0. The zero-order valence-electron chi connectivity index (χ0n) is 22.4. The largest absolute Gasteiger partial charge is 0.498 e. The van der Waals surface area contributed by atoms with Gasteiger partial charge in [-0.15, -0.1) is 0 Å². The Labute approximate surface area is 207 Å². The summed E-state index contributed by atoms with van der Waals surface area (Å²) in [4.78, 5) is 0. The Morgan fingerprint density at radius 3 is 2.03 bits per heavy atom. The summed E-state index contributed by atoms with van der Waals surface area (Å²) in [6.07, 6.45) is 13.1.